The second-order valence-corrected chi connectivity index (χ2v) is 2.76. The third-order valence-corrected chi connectivity index (χ3v) is 1.34. The van der Waals surface area contributed by atoms with Crippen LogP contribution in [0.2, 0.25) is 0 Å². The highest BCUT2D eigenvalue weighted by Gasteiger charge is 2.10. The third-order valence-electron chi connectivity index (χ3n) is 1.34. The summed E-state index contributed by atoms with van der Waals surface area (Å²) in [7, 11) is 0. The van der Waals surface area contributed by atoms with Gasteiger partial charge in [0.15, 0.2) is 0 Å². The quantitative estimate of drug-likeness (QED) is 0.577. The van der Waals surface area contributed by atoms with Gasteiger partial charge in [0.05, 0.1) is 0 Å². The molecule has 0 heterocycles. The fourth-order valence-corrected chi connectivity index (χ4v) is 1.00. The Morgan fingerprint density at radius 2 is 2.11 bits per heavy atom. The van der Waals surface area contributed by atoms with E-state index in [1.54, 1.807) is 0 Å². The number of allylic oxidation sites excluding steroid dienone is 1. The van der Waals surface area contributed by atoms with E-state index in [1.165, 1.54) is 0 Å². The summed E-state index contributed by atoms with van der Waals surface area (Å²) in [6.07, 6.45) is 6.28. The molecule has 1 heteroatoms. The van der Waals surface area contributed by atoms with Crippen LogP contribution in [-0.2, 0) is 0 Å². The van der Waals surface area contributed by atoms with Gasteiger partial charge >= 0.3 is 0 Å². The first-order valence-corrected chi connectivity index (χ1v) is 3.55. The van der Waals surface area contributed by atoms with Crippen molar-refractivity contribution < 1.29 is 0 Å². The van der Waals surface area contributed by atoms with E-state index in [0.29, 0.717) is 0 Å². The molecule has 0 rings (SSSR count). The second kappa shape index (κ2) is 3.67. The molecular formula is C8H17N. The first-order chi connectivity index (χ1) is 4.12. The van der Waals surface area contributed by atoms with Crippen molar-refractivity contribution >= 4 is 0 Å². The minimum absolute atomic E-state index is 0.0799. The average molecular weight is 127 g/mol. The van der Waals surface area contributed by atoms with Crippen LogP contribution in [-0.4, -0.2) is 5.54 Å². The van der Waals surface area contributed by atoms with E-state index in [4.69, 9.17) is 5.73 Å². The van der Waals surface area contributed by atoms with Crippen LogP contribution in [0.1, 0.15) is 33.6 Å². The van der Waals surface area contributed by atoms with E-state index < -0.39 is 0 Å². The summed E-state index contributed by atoms with van der Waals surface area (Å²) in [6.45, 7) is 6.20. The van der Waals surface area contributed by atoms with Gasteiger partial charge in [-0.05, 0) is 20.3 Å². The van der Waals surface area contributed by atoms with Crippen molar-refractivity contribution in [3.8, 4) is 0 Å². The van der Waals surface area contributed by atoms with Crippen molar-refractivity contribution in [3.05, 3.63) is 12.2 Å². The average Bonchev–Trinajstić information content (AvgIpc) is 1.64. The van der Waals surface area contributed by atoms with Gasteiger partial charge in [-0.1, -0.05) is 25.5 Å². The molecule has 1 unspecified atom stereocenters. The Morgan fingerprint density at radius 3 is 2.44 bits per heavy atom. The summed E-state index contributed by atoms with van der Waals surface area (Å²) in [5, 5.41) is 0. The number of hydrogen-bond donors (Lipinski definition) is 1. The molecule has 1 atom stereocenters. The second-order valence-electron chi connectivity index (χ2n) is 2.76. The topological polar surface area (TPSA) is 26.0 Å². The van der Waals surface area contributed by atoms with E-state index in [9.17, 15) is 0 Å². The molecule has 0 aliphatic heterocycles. The van der Waals surface area contributed by atoms with Crippen LogP contribution < -0.4 is 5.73 Å². The molecule has 0 aromatic heterocycles. The molecule has 0 bridgehead atoms. The Hall–Kier alpha value is -0.300. The highest BCUT2D eigenvalue weighted by atomic mass is 14.7. The van der Waals surface area contributed by atoms with Crippen LogP contribution in [0.25, 0.3) is 0 Å². The Labute approximate surface area is 57.9 Å². The van der Waals surface area contributed by atoms with Gasteiger partial charge in [-0.2, -0.15) is 0 Å². The molecule has 0 aliphatic rings. The maximum atomic E-state index is 5.85. The normalized spacial score (nSPS) is 18.2. The molecule has 0 saturated heterocycles. The van der Waals surface area contributed by atoms with Crippen LogP contribution in [0.5, 0.6) is 0 Å². The van der Waals surface area contributed by atoms with Crippen molar-refractivity contribution in [1.82, 2.24) is 0 Å². The van der Waals surface area contributed by atoms with Gasteiger partial charge in [0.25, 0.3) is 0 Å². The van der Waals surface area contributed by atoms with Gasteiger partial charge < -0.3 is 5.73 Å². The molecular weight excluding hydrogens is 110 g/mol. The van der Waals surface area contributed by atoms with Gasteiger partial charge in [-0.15, -0.1) is 0 Å². The molecule has 2 N–H and O–H groups in total. The minimum atomic E-state index is -0.0799. The highest BCUT2D eigenvalue weighted by Crippen LogP contribution is 2.09. The van der Waals surface area contributed by atoms with E-state index in [-0.39, 0.29) is 5.54 Å². The van der Waals surface area contributed by atoms with Gasteiger partial charge in [0.1, 0.15) is 0 Å². The number of nitrogens with two attached hydrogens (primary N) is 1. The fourth-order valence-electron chi connectivity index (χ4n) is 1.00. The maximum absolute atomic E-state index is 5.85. The van der Waals surface area contributed by atoms with Crippen LogP contribution in [0.3, 0.4) is 0 Å². The summed E-state index contributed by atoms with van der Waals surface area (Å²) >= 11 is 0. The van der Waals surface area contributed by atoms with Crippen molar-refractivity contribution in [3.63, 3.8) is 0 Å². The predicted octanol–water partition coefficient (Wildman–Crippen LogP) is 2.08. The molecule has 0 aromatic rings. The minimum Gasteiger partial charge on any atom is -0.322 e. The molecule has 1 nitrogen and oxygen atoms in total. The highest BCUT2D eigenvalue weighted by molar-refractivity contribution is 4.99. The van der Waals surface area contributed by atoms with E-state index >= 15 is 0 Å². The van der Waals surface area contributed by atoms with Crippen LogP contribution in [0, 0.1) is 0 Å². The molecule has 0 amide bonds. The lowest BCUT2D eigenvalue weighted by Gasteiger charge is -2.18. The third kappa shape index (κ3) is 4.22. The summed E-state index contributed by atoms with van der Waals surface area (Å²) in [4.78, 5) is 0. The molecule has 0 aromatic carbocycles. The molecule has 0 radical (unpaired) electrons. The van der Waals surface area contributed by atoms with Crippen molar-refractivity contribution in [2.24, 2.45) is 5.73 Å². The molecule has 0 saturated carbocycles. The summed E-state index contributed by atoms with van der Waals surface area (Å²) in [5.74, 6) is 0. The van der Waals surface area contributed by atoms with Gasteiger partial charge in [-0.3, -0.25) is 0 Å². The summed E-state index contributed by atoms with van der Waals surface area (Å²) in [5.41, 5.74) is 5.77. The molecule has 0 aliphatic carbocycles. The van der Waals surface area contributed by atoms with Gasteiger partial charge in [0.2, 0.25) is 0 Å². The zero-order valence-electron chi connectivity index (χ0n) is 6.65. The molecule has 0 spiro atoms. The first-order valence-electron chi connectivity index (χ1n) is 3.55. The molecule has 9 heavy (non-hydrogen) atoms. The number of rotatable bonds is 3. The Bertz CT molecular complexity index is 92.7. The molecule has 54 valence electrons. The Kier molecular flexibility index (Phi) is 3.55. The van der Waals surface area contributed by atoms with Crippen molar-refractivity contribution in [1.29, 1.82) is 0 Å². The Morgan fingerprint density at radius 1 is 1.56 bits per heavy atom. The summed E-state index contributed by atoms with van der Waals surface area (Å²) in [6, 6.07) is 0. The van der Waals surface area contributed by atoms with Gasteiger partial charge in [0, 0.05) is 5.54 Å². The number of hydrogen-bond acceptors (Lipinski definition) is 1. The smallest absolute Gasteiger partial charge is 0.0310 e. The molecule has 0 fully saturated rings. The van der Waals surface area contributed by atoms with Gasteiger partial charge in [-0.25, -0.2) is 0 Å². The van der Waals surface area contributed by atoms with E-state index in [2.05, 4.69) is 19.9 Å². The fraction of sp³-hybridized carbons (Fsp3) is 0.750. The zero-order chi connectivity index (χ0) is 7.33. The van der Waals surface area contributed by atoms with Crippen molar-refractivity contribution in [2.75, 3.05) is 0 Å². The maximum Gasteiger partial charge on any atom is 0.0310 e. The monoisotopic (exact) mass is 127 g/mol. The first kappa shape index (κ1) is 8.70. The lowest BCUT2D eigenvalue weighted by Crippen LogP contribution is -2.32. The lowest BCUT2D eigenvalue weighted by atomic mass is 9.97. The van der Waals surface area contributed by atoms with Crippen LogP contribution in [0.4, 0.5) is 0 Å². The Balaban J connectivity index is 3.70. The lowest BCUT2D eigenvalue weighted by molar-refractivity contribution is 0.525. The van der Waals surface area contributed by atoms with Crippen LogP contribution >= 0.6 is 0 Å². The SMILES string of the molecule is C/C=C\C(C)(N)CCC. The van der Waals surface area contributed by atoms with Crippen LogP contribution in [0.15, 0.2) is 12.2 Å². The van der Waals surface area contributed by atoms with E-state index in [1.807, 2.05) is 13.0 Å². The zero-order valence-corrected chi connectivity index (χ0v) is 6.65. The largest absolute Gasteiger partial charge is 0.322 e. The summed E-state index contributed by atoms with van der Waals surface area (Å²) < 4.78 is 0. The van der Waals surface area contributed by atoms with E-state index in [0.717, 1.165) is 12.8 Å². The van der Waals surface area contributed by atoms with Crippen molar-refractivity contribution in [2.45, 2.75) is 39.2 Å². The predicted molar refractivity (Wildman–Crippen MR) is 42.3 cm³/mol. The standard InChI is InChI=1S/C8H17N/c1-4-6-8(3,9)7-5-2/h4,6H,5,7,9H2,1-3H3/b6-4-.